The van der Waals surface area contributed by atoms with Crippen LogP contribution in [0.2, 0.25) is 0 Å². The van der Waals surface area contributed by atoms with Gasteiger partial charge in [0.25, 0.3) is 5.56 Å². The average molecular weight is 469 g/mol. The number of benzene rings is 1. The van der Waals surface area contributed by atoms with Gasteiger partial charge < -0.3 is 19.5 Å². The molecule has 0 unspecified atom stereocenters. The fourth-order valence-electron chi connectivity index (χ4n) is 5.37. The number of rotatable bonds is 5. The van der Waals surface area contributed by atoms with Crippen LogP contribution in [0.15, 0.2) is 27.8 Å². The number of hydrogen-bond acceptors (Lipinski definition) is 5. The second kappa shape index (κ2) is 9.27. The molecule has 2 saturated carbocycles. The van der Waals surface area contributed by atoms with E-state index < -0.39 is 5.69 Å². The summed E-state index contributed by atoms with van der Waals surface area (Å²) in [6.07, 6.45) is 5.15. The molecule has 9 nitrogen and oxygen atoms in total. The van der Waals surface area contributed by atoms with Crippen LogP contribution in [-0.2, 0) is 16.1 Å². The number of fused-ring (bicyclic) bond motifs is 1. The van der Waals surface area contributed by atoms with Crippen LogP contribution >= 0.6 is 0 Å². The molecular formula is C25H32N4O5. The van der Waals surface area contributed by atoms with Gasteiger partial charge in [-0.25, -0.2) is 4.79 Å². The minimum atomic E-state index is -0.403. The van der Waals surface area contributed by atoms with E-state index in [1.165, 1.54) is 4.57 Å². The Bertz CT molecular complexity index is 1200. The van der Waals surface area contributed by atoms with E-state index in [9.17, 15) is 19.2 Å². The molecule has 5 rings (SSSR count). The fourth-order valence-corrected chi connectivity index (χ4v) is 5.37. The normalized spacial score (nSPS) is 23.2. The van der Waals surface area contributed by atoms with Crippen LogP contribution in [0, 0.1) is 17.8 Å². The highest BCUT2D eigenvalue weighted by Crippen LogP contribution is 2.33. The maximum Gasteiger partial charge on any atom is 0.328 e. The molecule has 2 heterocycles. The van der Waals surface area contributed by atoms with Gasteiger partial charge in [0.2, 0.25) is 11.8 Å². The van der Waals surface area contributed by atoms with Gasteiger partial charge >= 0.3 is 5.69 Å². The van der Waals surface area contributed by atoms with Gasteiger partial charge in [-0.05, 0) is 62.6 Å². The monoisotopic (exact) mass is 468 g/mol. The largest absolute Gasteiger partial charge is 0.497 e. The molecule has 0 atom stereocenters. The van der Waals surface area contributed by atoms with Gasteiger partial charge in [-0.3, -0.25) is 19.0 Å². The minimum absolute atomic E-state index is 0.0159. The molecule has 2 aliphatic carbocycles. The zero-order valence-electron chi connectivity index (χ0n) is 19.6. The Kier molecular flexibility index (Phi) is 6.18. The van der Waals surface area contributed by atoms with Gasteiger partial charge in [-0.1, -0.05) is 0 Å². The Balaban J connectivity index is 1.18. The van der Waals surface area contributed by atoms with Gasteiger partial charge in [-0.15, -0.1) is 0 Å². The first-order valence-electron chi connectivity index (χ1n) is 12.3. The number of aromatic nitrogens is 2. The maximum atomic E-state index is 13.1. The Morgan fingerprint density at radius 1 is 0.912 bits per heavy atom. The summed E-state index contributed by atoms with van der Waals surface area (Å²) in [7, 11) is 1.54. The number of H-pyrrole nitrogens is 1. The van der Waals surface area contributed by atoms with Crippen molar-refractivity contribution in [1.82, 2.24) is 19.4 Å². The van der Waals surface area contributed by atoms with E-state index in [4.69, 9.17) is 4.74 Å². The number of nitrogens with one attached hydrogen (secondary N) is 1. The van der Waals surface area contributed by atoms with Crippen LogP contribution in [0.3, 0.4) is 0 Å². The van der Waals surface area contributed by atoms with Crippen molar-refractivity contribution in [2.45, 2.75) is 45.1 Å². The summed E-state index contributed by atoms with van der Waals surface area (Å²) >= 11 is 0. The number of ether oxygens (including phenoxy) is 1. The van der Waals surface area contributed by atoms with E-state index in [0.717, 1.165) is 38.5 Å². The summed E-state index contributed by atoms with van der Waals surface area (Å²) in [5.41, 5.74) is -0.214. The number of piperazine rings is 1. The molecule has 0 spiro atoms. The molecule has 1 aliphatic heterocycles. The zero-order chi connectivity index (χ0) is 23.8. The van der Waals surface area contributed by atoms with Crippen LogP contribution < -0.4 is 16.0 Å². The summed E-state index contributed by atoms with van der Waals surface area (Å²) < 4.78 is 6.50. The van der Waals surface area contributed by atoms with Gasteiger partial charge in [0.15, 0.2) is 0 Å². The van der Waals surface area contributed by atoms with Gasteiger partial charge in [-0.2, -0.15) is 0 Å². The lowest BCUT2D eigenvalue weighted by Gasteiger charge is -2.38. The summed E-state index contributed by atoms with van der Waals surface area (Å²) in [6.45, 7) is 2.85. The van der Waals surface area contributed by atoms with Crippen LogP contribution in [-0.4, -0.2) is 64.5 Å². The Morgan fingerprint density at radius 2 is 1.47 bits per heavy atom. The standard InChI is InChI=1S/C25H32N4O5/c1-34-19-8-9-21-20(14-19)24(32)29(25(33)26-21)15-16-2-4-17(5-3-16)22(30)27-10-12-28(13-11-27)23(31)18-6-7-18/h8-9,14,16-18H,2-7,10-13,15H2,1H3,(H,26,33). The Labute approximate surface area is 197 Å². The van der Waals surface area contributed by atoms with Crippen LogP contribution in [0.25, 0.3) is 10.9 Å². The van der Waals surface area contributed by atoms with Crippen molar-refractivity contribution in [1.29, 1.82) is 0 Å². The molecule has 2 amide bonds. The van der Waals surface area contributed by atoms with Crippen LogP contribution in [0.4, 0.5) is 0 Å². The molecule has 1 saturated heterocycles. The molecule has 9 heteroatoms. The first kappa shape index (κ1) is 22.7. The van der Waals surface area contributed by atoms with Gasteiger partial charge in [0.05, 0.1) is 18.0 Å². The van der Waals surface area contributed by atoms with Crippen LogP contribution in [0.1, 0.15) is 38.5 Å². The number of methoxy groups -OCH3 is 1. The first-order chi connectivity index (χ1) is 16.4. The van der Waals surface area contributed by atoms with Gasteiger partial charge in [0.1, 0.15) is 5.75 Å². The molecule has 3 fully saturated rings. The third kappa shape index (κ3) is 4.48. The van der Waals surface area contributed by atoms with E-state index in [1.54, 1.807) is 25.3 Å². The average Bonchev–Trinajstić information content (AvgIpc) is 3.72. The number of hydrogen-bond donors (Lipinski definition) is 1. The van der Waals surface area contributed by atoms with Crippen molar-refractivity contribution < 1.29 is 14.3 Å². The molecule has 3 aliphatic rings. The number of carbonyl (C=O) groups is 2. The third-order valence-electron chi connectivity index (χ3n) is 7.66. The summed E-state index contributed by atoms with van der Waals surface area (Å²) in [5.74, 6) is 1.40. The quantitative estimate of drug-likeness (QED) is 0.718. The van der Waals surface area contributed by atoms with E-state index in [1.807, 2.05) is 9.80 Å². The molecule has 0 radical (unpaired) electrons. The van der Waals surface area contributed by atoms with Crippen molar-refractivity contribution in [2.24, 2.45) is 17.8 Å². The van der Waals surface area contributed by atoms with Crippen molar-refractivity contribution in [3.63, 3.8) is 0 Å². The predicted molar refractivity (Wildman–Crippen MR) is 127 cm³/mol. The number of aromatic amines is 1. The van der Waals surface area contributed by atoms with Gasteiger partial charge in [0, 0.05) is 44.6 Å². The highest BCUT2D eigenvalue weighted by molar-refractivity contribution is 5.82. The fraction of sp³-hybridized carbons (Fsp3) is 0.600. The maximum absolute atomic E-state index is 13.1. The summed E-state index contributed by atoms with van der Waals surface area (Å²) in [4.78, 5) is 57.5. The number of nitrogens with zero attached hydrogens (tertiary/aromatic N) is 3. The molecular weight excluding hydrogens is 436 g/mol. The lowest BCUT2D eigenvalue weighted by molar-refractivity contribution is -0.143. The van der Waals surface area contributed by atoms with E-state index >= 15 is 0 Å². The summed E-state index contributed by atoms with van der Waals surface area (Å²) in [5, 5.41) is 0.433. The second-order valence-electron chi connectivity index (χ2n) is 9.90. The first-order valence-corrected chi connectivity index (χ1v) is 12.3. The topological polar surface area (TPSA) is 105 Å². The smallest absolute Gasteiger partial charge is 0.328 e. The predicted octanol–water partition coefficient (Wildman–Crippen LogP) is 1.59. The molecule has 2 aromatic rings. The van der Waals surface area contributed by atoms with Crippen molar-refractivity contribution >= 4 is 22.7 Å². The lowest BCUT2D eigenvalue weighted by atomic mass is 9.81. The zero-order valence-corrected chi connectivity index (χ0v) is 19.6. The van der Waals surface area contributed by atoms with Crippen molar-refractivity contribution in [3.05, 3.63) is 39.0 Å². The molecule has 1 N–H and O–H groups in total. The van der Waals surface area contributed by atoms with Crippen LogP contribution in [0.5, 0.6) is 5.75 Å². The third-order valence-corrected chi connectivity index (χ3v) is 7.66. The number of amides is 2. The summed E-state index contributed by atoms with van der Waals surface area (Å²) in [6, 6.07) is 5.04. The molecule has 0 bridgehead atoms. The van der Waals surface area contributed by atoms with E-state index in [2.05, 4.69) is 4.98 Å². The SMILES string of the molecule is COc1ccc2[nH]c(=O)n(CC3CCC(C(=O)N4CCN(C(=O)C5CC5)CC4)CC3)c(=O)c2c1. The highest BCUT2D eigenvalue weighted by Gasteiger charge is 2.36. The molecule has 182 valence electrons. The molecule has 1 aromatic heterocycles. The highest BCUT2D eigenvalue weighted by atomic mass is 16.5. The van der Waals surface area contributed by atoms with E-state index in [0.29, 0.717) is 49.4 Å². The Morgan fingerprint density at radius 3 is 2.00 bits per heavy atom. The Hall–Kier alpha value is -3.10. The minimum Gasteiger partial charge on any atom is -0.497 e. The lowest BCUT2D eigenvalue weighted by Crippen LogP contribution is -2.52. The molecule has 1 aromatic carbocycles. The van der Waals surface area contributed by atoms with Crippen molar-refractivity contribution in [3.8, 4) is 5.75 Å². The van der Waals surface area contributed by atoms with Crippen molar-refractivity contribution in [2.75, 3.05) is 33.3 Å². The van der Waals surface area contributed by atoms with E-state index in [-0.39, 0.29) is 35.1 Å². The molecule has 34 heavy (non-hydrogen) atoms. The second-order valence-corrected chi connectivity index (χ2v) is 9.90. The number of carbonyl (C=O) groups excluding carboxylic acids is 2.